The summed E-state index contributed by atoms with van der Waals surface area (Å²) in [7, 11) is -3.71. The van der Waals surface area contributed by atoms with Gasteiger partial charge in [-0.3, -0.25) is 4.79 Å². The molecule has 2 aromatic carbocycles. The molecule has 2 aliphatic rings. The third-order valence-electron chi connectivity index (χ3n) is 6.86. The zero-order valence-electron chi connectivity index (χ0n) is 19.7. The number of hydrogen-bond acceptors (Lipinski definition) is 4. The Balaban J connectivity index is 1.64. The van der Waals surface area contributed by atoms with E-state index in [0.29, 0.717) is 18.7 Å². The van der Waals surface area contributed by atoms with Gasteiger partial charge in [-0.15, -0.1) is 0 Å². The molecule has 4 rings (SSSR count). The zero-order chi connectivity index (χ0) is 23.4. The predicted molar refractivity (Wildman–Crippen MR) is 133 cm³/mol. The summed E-state index contributed by atoms with van der Waals surface area (Å²) < 4.78 is 29.3. The maximum Gasteiger partial charge on any atom is 0.243 e. The number of hydrogen-bond donors (Lipinski definition) is 1. The zero-order valence-corrected chi connectivity index (χ0v) is 20.5. The molecule has 2 aromatic rings. The van der Waals surface area contributed by atoms with Crippen LogP contribution >= 0.6 is 0 Å². The van der Waals surface area contributed by atoms with Crippen molar-refractivity contribution in [2.45, 2.75) is 76.3 Å². The number of anilines is 2. The van der Waals surface area contributed by atoms with Crippen molar-refractivity contribution in [3.63, 3.8) is 0 Å². The fourth-order valence-electron chi connectivity index (χ4n) is 5.06. The highest BCUT2D eigenvalue weighted by Crippen LogP contribution is 2.33. The fourth-order valence-corrected chi connectivity index (χ4v) is 6.78. The van der Waals surface area contributed by atoms with Crippen LogP contribution in [0.5, 0.6) is 0 Å². The molecule has 1 amide bonds. The summed E-state index contributed by atoms with van der Waals surface area (Å²) in [5.74, 6) is -0.132. The van der Waals surface area contributed by atoms with Crippen LogP contribution in [0.1, 0.15) is 63.5 Å². The number of carbonyl (C=O) groups is 1. The molecule has 1 saturated carbocycles. The van der Waals surface area contributed by atoms with Crippen molar-refractivity contribution in [3.05, 3.63) is 53.6 Å². The summed E-state index contributed by atoms with van der Waals surface area (Å²) in [6.07, 6.45) is 6.40. The summed E-state index contributed by atoms with van der Waals surface area (Å²) in [5, 5.41) is 2.78. The van der Waals surface area contributed by atoms with E-state index < -0.39 is 10.0 Å². The highest BCUT2D eigenvalue weighted by atomic mass is 32.2. The number of rotatable bonds is 8. The second-order valence-corrected chi connectivity index (χ2v) is 11.0. The third kappa shape index (κ3) is 5.25. The first-order valence-electron chi connectivity index (χ1n) is 12.2. The van der Waals surface area contributed by atoms with Crippen molar-refractivity contribution in [3.8, 4) is 0 Å². The van der Waals surface area contributed by atoms with E-state index in [4.69, 9.17) is 0 Å². The molecule has 1 heterocycles. The molecule has 6 nitrogen and oxygen atoms in total. The normalized spacial score (nSPS) is 16.8. The number of aryl methyl sites for hydroxylation is 1. The van der Waals surface area contributed by atoms with Gasteiger partial charge < -0.3 is 10.2 Å². The van der Waals surface area contributed by atoms with E-state index in [9.17, 15) is 13.2 Å². The topological polar surface area (TPSA) is 69.7 Å². The Labute approximate surface area is 198 Å². The number of fused-ring (bicyclic) bond motifs is 1. The summed E-state index contributed by atoms with van der Waals surface area (Å²) >= 11 is 0. The minimum Gasteiger partial charge on any atom is -0.372 e. The molecule has 1 aliphatic carbocycles. The SMILES string of the molecule is CCC(=O)Nc1cccc(S(=O)(=O)N(Cc2ccc3c(c2)CCCN3CC)C2CCCC2)c1. The number of sulfonamides is 1. The van der Waals surface area contributed by atoms with Crippen LogP contribution in [0.15, 0.2) is 47.4 Å². The Bertz CT molecular complexity index is 1090. The molecule has 33 heavy (non-hydrogen) atoms. The Kier molecular flexibility index (Phi) is 7.39. The van der Waals surface area contributed by atoms with Crippen LogP contribution in [0, 0.1) is 0 Å². The first kappa shape index (κ1) is 23.8. The largest absolute Gasteiger partial charge is 0.372 e. The van der Waals surface area contributed by atoms with Gasteiger partial charge in [0.15, 0.2) is 0 Å². The quantitative estimate of drug-likeness (QED) is 0.594. The smallest absolute Gasteiger partial charge is 0.243 e. The van der Waals surface area contributed by atoms with E-state index in [2.05, 4.69) is 35.3 Å². The van der Waals surface area contributed by atoms with Crippen LogP contribution in [0.25, 0.3) is 0 Å². The third-order valence-corrected chi connectivity index (χ3v) is 8.75. The van der Waals surface area contributed by atoms with Gasteiger partial charge in [-0.25, -0.2) is 8.42 Å². The number of carbonyl (C=O) groups excluding carboxylic acids is 1. The lowest BCUT2D eigenvalue weighted by atomic mass is 9.99. The number of nitrogens with one attached hydrogen (secondary N) is 1. The second kappa shape index (κ2) is 10.3. The maximum atomic E-state index is 13.8. The van der Waals surface area contributed by atoms with Gasteiger partial charge in [-0.1, -0.05) is 38.0 Å². The molecule has 0 spiro atoms. The molecule has 0 radical (unpaired) electrons. The number of nitrogens with zero attached hydrogens (tertiary/aromatic N) is 2. The van der Waals surface area contributed by atoms with Crippen molar-refractivity contribution in [1.29, 1.82) is 0 Å². The minimum absolute atomic E-state index is 0.00654. The lowest BCUT2D eigenvalue weighted by Gasteiger charge is -2.32. The number of amides is 1. The Morgan fingerprint density at radius 3 is 2.61 bits per heavy atom. The second-order valence-electron chi connectivity index (χ2n) is 9.06. The van der Waals surface area contributed by atoms with Crippen LogP contribution in [0.2, 0.25) is 0 Å². The Morgan fingerprint density at radius 1 is 1.09 bits per heavy atom. The van der Waals surface area contributed by atoms with Gasteiger partial charge in [0, 0.05) is 43.5 Å². The van der Waals surface area contributed by atoms with Gasteiger partial charge in [-0.05, 0) is 68.0 Å². The van der Waals surface area contributed by atoms with Gasteiger partial charge in [0.1, 0.15) is 0 Å². The van der Waals surface area contributed by atoms with Crippen LogP contribution in [0.3, 0.4) is 0 Å². The molecule has 1 fully saturated rings. The average Bonchev–Trinajstić information content (AvgIpc) is 3.36. The predicted octanol–water partition coefficient (Wildman–Crippen LogP) is 4.94. The first-order valence-corrected chi connectivity index (χ1v) is 13.6. The molecule has 0 aromatic heterocycles. The van der Waals surface area contributed by atoms with Gasteiger partial charge in [-0.2, -0.15) is 4.31 Å². The van der Waals surface area contributed by atoms with E-state index in [0.717, 1.165) is 57.2 Å². The van der Waals surface area contributed by atoms with Crippen LogP contribution in [0.4, 0.5) is 11.4 Å². The summed E-state index contributed by atoms with van der Waals surface area (Å²) in [5.41, 5.74) is 4.15. The lowest BCUT2D eigenvalue weighted by molar-refractivity contribution is -0.115. The van der Waals surface area contributed by atoms with Crippen molar-refractivity contribution in [2.24, 2.45) is 0 Å². The lowest BCUT2D eigenvalue weighted by Crippen LogP contribution is -2.38. The molecule has 0 saturated heterocycles. The summed E-state index contributed by atoms with van der Waals surface area (Å²) in [6.45, 7) is 6.39. The molecule has 178 valence electrons. The van der Waals surface area contributed by atoms with Crippen molar-refractivity contribution in [1.82, 2.24) is 4.31 Å². The van der Waals surface area contributed by atoms with Crippen molar-refractivity contribution < 1.29 is 13.2 Å². The summed E-state index contributed by atoms with van der Waals surface area (Å²) in [6, 6.07) is 13.1. The molecule has 0 bridgehead atoms. The molecule has 0 atom stereocenters. The van der Waals surface area contributed by atoms with Gasteiger partial charge >= 0.3 is 0 Å². The van der Waals surface area contributed by atoms with Crippen molar-refractivity contribution >= 4 is 27.3 Å². The van der Waals surface area contributed by atoms with Gasteiger partial charge in [0.2, 0.25) is 15.9 Å². The van der Waals surface area contributed by atoms with E-state index in [1.807, 2.05) is 0 Å². The van der Waals surface area contributed by atoms with Gasteiger partial charge in [0.05, 0.1) is 4.90 Å². The molecular weight excluding hydrogens is 434 g/mol. The molecule has 1 N–H and O–H groups in total. The van der Waals surface area contributed by atoms with E-state index >= 15 is 0 Å². The molecule has 0 unspecified atom stereocenters. The summed E-state index contributed by atoms with van der Waals surface area (Å²) in [4.78, 5) is 14.4. The maximum absolute atomic E-state index is 13.8. The fraction of sp³-hybridized carbons (Fsp3) is 0.500. The van der Waals surface area contributed by atoms with E-state index in [-0.39, 0.29) is 16.8 Å². The molecule has 7 heteroatoms. The van der Waals surface area contributed by atoms with Crippen LogP contribution in [-0.2, 0) is 27.8 Å². The standard InChI is InChI=1S/C26H35N3O3S/c1-3-26(30)27-22-10-7-13-24(18-22)33(31,32)29(23-11-5-6-12-23)19-20-14-15-25-21(17-20)9-8-16-28(25)4-2/h7,10,13-15,17-18,23H,3-6,8-9,11-12,16,19H2,1-2H3,(H,27,30). The van der Waals surface area contributed by atoms with Crippen molar-refractivity contribution in [2.75, 3.05) is 23.3 Å². The first-order chi connectivity index (χ1) is 15.9. The van der Waals surface area contributed by atoms with E-state index in [1.165, 1.54) is 11.3 Å². The Morgan fingerprint density at radius 2 is 1.88 bits per heavy atom. The van der Waals surface area contributed by atoms with Crippen LogP contribution in [-0.4, -0.2) is 37.8 Å². The highest BCUT2D eigenvalue weighted by molar-refractivity contribution is 7.89. The minimum atomic E-state index is -3.71. The monoisotopic (exact) mass is 469 g/mol. The molecule has 1 aliphatic heterocycles. The highest BCUT2D eigenvalue weighted by Gasteiger charge is 2.33. The average molecular weight is 470 g/mol. The van der Waals surface area contributed by atoms with Gasteiger partial charge in [0.25, 0.3) is 0 Å². The van der Waals surface area contributed by atoms with E-state index in [1.54, 1.807) is 35.5 Å². The van der Waals surface area contributed by atoms with Crippen LogP contribution < -0.4 is 10.2 Å². The Hall–Kier alpha value is -2.38. The number of benzene rings is 2. The molecular formula is C26H35N3O3S.